The fourth-order valence-electron chi connectivity index (χ4n) is 2.11. The molecular weight excluding hydrogens is 386 g/mol. The Balaban J connectivity index is 1.50. The van der Waals surface area contributed by atoms with E-state index in [0.29, 0.717) is 27.3 Å². The summed E-state index contributed by atoms with van der Waals surface area (Å²) in [5.41, 5.74) is 0.585. The van der Waals surface area contributed by atoms with Gasteiger partial charge in [-0.2, -0.15) is 0 Å². The van der Waals surface area contributed by atoms with Crippen LogP contribution in [-0.4, -0.2) is 28.3 Å². The number of nitro groups is 1. The maximum atomic E-state index is 12.0. The van der Waals surface area contributed by atoms with Crippen LogP contribution >= 0.6 is 11.3 Å². The molecule has 1 aromatic heterocycles. The molecule has 2 amide bonds. The van der Waals surface area contributed by atoms with Gasteiger partial charge in [-0.05, 0) is 36.4 Å². The topological polar surface area (TPSA) is 129 Å². The van der Waals surface area contributed by atoms with E-state index in [1.807, 2.05) is 0 Å². The van der Waals surface area contributed by atoms with Crippen molar-refractivity contribution in [2.45, 2.75) is 6.61 Å². The monoisotopic (exact) mass is 401 g/mol. The highest BCUT2D eigenvalue weighted by Gasteiger charge is 2.10. The van der Waals surface area contributed by atoms with Gasteiger partial charge < -0.3 is 14.8 Å². The van der Waals surface area contributed by atoms with E-state index in [-0.39, 0.29) is 12.3 Å². The Kier molecular flexibility index (Phi) is 5.97. The lowest BCUT2D eigenvalue weighted by Crippen LogP contribution is -2.19. The average Bonchev–Trinajstić information content (AvgIpc) is 3.14. The van der Waals surface area contributed by atoms with Gasteiger partial charge in [-0.1, -0.05) is 11.3 Å². The van der Waals surface area contributed by atoms with Crippen molar-refractivity contribution >= 4 is 33.9 Å². The van der Waals surface area contributed by atoms with Crippen molar-refractivity contribution in [2.75, 3.05) is 17.7 Å². The van der Waals surface area contributed by atoms with Gasteiger partial charge in [0, 0.05) is 17.8 Å². The number of methoxy groups -OCH3 is 1. The Hall–Kier alpha value is -3.73. The minimum atomic E-state index is -0.483. The zero-order valence-corrected chi connectivity index (χ0v) is 15.4. The van der Waals surface area contributed by atoms with Gasteiger partial charge in [0.05, 0.1) is 12.0 Å². The van der Waals surface area contributed by atoms with Gasteiger partial charge in [0.25, 0.3) is 5.69 Å². The summed E-state index contributed by atoms with van der Waals surface area (Å²) in [6.45, 7) is 0.122. The molecule has 0 unspecified atom stereocenters. The molecule has 3 aromatic rings. The van der Waals surface area contributed by atoms with E-state index in [2.05, 4.69) is 20.8 Å². The highest BCUT2D eigenvalue weighted by Crippen LogP contribution is 2.21. The van der Waals surface area contributed by atoms with Crippen molar-refractivity contribution in [2.24, 2.45) is 0 Å². The maximum absolute atomic E-state index is 12.0. The van der Waals surface area contributed by atoms with Crippen molar-refractivity contribution in [1.82, 2.24) is 10.2 Å². The molecule has 1 heterocycles. The maximum Gasteiger partial charge on any atom is 0.325 e. The predicted molar refractivity (Wildman–Crippen MR) is 103 cm³/mol. The normalized spacial score (nSPS) is 10.2. The molecule has 0 radical (unpaired) electrons. The van der Waals surface area contributed by atoms with Gasteiger partial charge in [-0.15, -0.1) is 10.2 Å². The fraction of sp³-hybridized carbons (Fsp3) is 0.118. The number of hydrogen-bond donors (Lipinski definition) is 2. The van der Waals surface area contributed by atoms with E-state index in [0.717, 1.165) is 11.3 Å². The SMILES string of the molecule is COc1ccc(NC(=O)Nc2nnc(COc3ccc([N+](=O)[O-])cc3)s2)cc1. The van der Waals surface area contributed by atoms with Crippen molar-refractivity contribution in [3.8, 4) is 11.5 Å². The summed E-state index contributed by atoms with van der Waals surface area (Å²) in [5, 5.41) is 24.6. The Bertz CT molecular complexity index is 959. The van der Waals surface area contributed by atoms with Crippen LogP contribution in [0.4, 0.5) is 21.3 Å². The van der Waals surface area contributed by atoms with E-state index < -0.39 is 11.0 Å². The van der Waals surface area contributed by atoms with E-state index in [1.54, 1.807) is 31.4 Å². The second-order valence-corrected chi connectivity index (χ2v) is 6.41. The third-order valence-electron chi connectivity index (χ3n) is 3.45. The van der Waals surface area contributed by atoms with Crippen LogP contribution in [0.5, 0.6) is 11.5 Å². The lowest BCUT2D eigenvalue weighted by atomic mass is 10.3. The van der Waals surface area contributed by atoms with Gasteiger partial charge in [0.15, 0.2) is 5.01 Å². The van der Waals surface area contributed by atoms with Crippen LogP contribution in [0.15, 0.2) is 48.5 Å². The summed E-state index contributed by atoms with van der Waals surface area (Å²) >= 11 is 1.16. The molecule has 0 aliphatic rings. The minimum Gasteiger partial charge on any atom is -0.497 e. The number of non-ortho nitro benzene ring substituents is 1. The van der Waals surface area contributed by atoms with E-state index >= 15 is 0 Å². The van der Waals surface area contributed by atoms with E-state index in [4.69, 9.17) is 9.47 Å². The van der Waals surface area contributed by atoms with Gasteiger partial charge in [-0.25, -0.2) is 4.79 Å². The number of nitrogens with one attached hydrogen (secondary N) is 2. The van der Waals surface area contributed by atoms with Crippen LogP contribution < -0.4 is 20.1 Å². The standard InChI is InChI=1S/C17H15N5O5S/c1-26-13-6-2-11(3-7-13)18-16(23)19-17-21-20-15(28-17)10-27-14-8-4-12(5-9-14)22(24)25/h2-9H,10H2,1H3,(H2,18,19,21,23). The molecule has 28 heavy (non-hydrogen) atoms. The van der Waals surface area contributed by atoms with Crippen LogP contribution in [0.3, 0.4) is 0 Å². The molecule has 0 saturated heterocycles. The molecule has 0 fully saturated rings. The largest absolute Gasteiger partial charge is 0.497 e. The predicted octanol–water partition coefficient (Wildman–Crippen LogP) is 3.68. The second kappa shape index (κ2) is 8.77. The number of carbonyl (C=O) groups excluding carboxylic acids is 1. The number of rotatable bonds is 7. The molecule has 0 aliphatic carbocycles. The third kappa shape index (κ3) is 5.14. The van der Waals surface area contributed by atoms with Crippen molar-refractivity contribution < 1.29 is 19.2 Å². The molecule has 144 valence electrons. The number of amides is 2. The van der Waals surface area contributed by atoms with Crippen LogP contribution in [-0.2, 0) is 6.61 Å². The molecule has 0 bridgehead atoms. The van der Waals surface area contributed by atoms with Gasteiger partial charge in [0.2, 0.25) is 5.13 Å². The number of hydrogen-bond acceptors (Lipinski definition) is 8. The molecule has 0 atom stereocenters. The molecule has 0 spiro atoms. The number of urea groups is 1. The second-order valence-electron chi connectivity index (χ2n) is 5.35. The quantitative estimate of drug-likeness (QED) is 0.456. The first-order valence-electron chi connectivity index (χ1n) is 7.95. The van der Waals surface area contributed by atoms with E-state index in [9.17, 15) is 14.9 Å². The molecule has 3 rings (SSSR count). The molecule has 10 nitrogen and oxygen atoms in total. The highest BCUT2D eigenvalue weighted by atomic mass is 32.1. The number of benzene rings is 2. The molecular formula is C17H15N5O5S. The number of ether oxygens (including phenoxy) is 2. The van der Waals surface area contributed by atoms with Crippen LogP contribution in [0.1, 0.15) is 5.01 Å². The van der Waals surface area contributed by atoms with Gasteiger partial charge in [-0.3, -0.25) is 15.4 Å². The van der Waals surface area contributed by atoms with Crippen molar-refractivity contribution in [3.63, 3.8) is 0 Å². The van der Waals surface area contributed by atoms with Crippen LogP contribution in [0.25, 0.3) is 0 Å². The first-order chi connectivity index (χ1) is 13.5. The summed E-state index contributed by atoms with van der Waals surface area (Å²) in [5.74, 6) is 1.15. The summed E-state index contributed by atoms with van der Waals surface area (Å²) in [4.78, 5) is 22.2. The number of nitrogens with zero attached hydrogens (tertiary/aromatic N) is 3. The molecule has 11 heteroatoms. The summed E-state index contributed by atoms with van der Waals surface area (Å²) in [6, 6.07) is 12.1. The molecule has 2 N–H and O–H groups in total. The zero-order chi connectivity index (χ0) is 19.9. The fourth-order valence-corrected chi connectivity index (χ4v) is 2.75. The van der Waals surface area contributed by atoms with Crippen LogP contribution in [0, 0.1) is 10.1 Å². The number of carbonyl (C=O) groups is 1. The summed E-state index contributed by atoms with van der Waals surface area (Å²) in [6.07, 6.45) is 0. The Labute approximate surface area is 163 Å². The zero-order valence-electron chi connectivity index (χ0n) is 14.6. The first-order valence-corrected chi connectivity index (χ1v) is 8.77. The lowest BCUT2D eigenvalue weighted by Gasteiger charge is -2.06. The van der Waals surface area contributed by atoms with Crippen molar-refractivity contribution in [3.05, 3.63) is 63.7 Å². The first kappa shape index (κ1) is 19.0. The van der Waals surface area contributed by atoms with Gasteiger partial charge in [0.1, 0.15) is 18.1 Å². The average molecular weight is 401 g/mol. The molecule has 2 aromatic carbocycles. The molecule has 0 saturated carbocycles. The Morgan fingerprint density at radius 2 is 1.75 bits per heavy atom. The molecule has 0 aliphatic heterocycles. The van der Waals surface area contributed by atoms with Gasteiger partial charge >= 0.3 is 6.03 Å². The summed E-state index contributed by atoms with van der Waals surface area (Å²) in [7, 11) is 1.56. The smallest absolute Gasteiger partial charge is 0.325 e. The van der Waals surface area contributed by atoms with E-state index in [1.165, 1.54) is 24.3 Å². The number of anilines is 2. The number of aromatic nitrogens is 2. The Morgan fingerprint density at radius 1 is 1.07 bits per heavy atom. The number of nitro benzene ring substituents is 1. The van der Waals surface area contributed by atoms with Crippen molar-refractivity contribution in [1.29, 1.82) is 0 Å². The minimum absolute atomic E-state index is 0.0161. The summed E-state index contributed by atoms with van der Waals surface area (Å²) < 4.78 is 10.6. The lowest BCUT2D eigenvalue weighted by molar-refractivity contribution is -0.384. The Morgan fingerprint density at radius 3 is 2.39 bits per heavy atom. The highest BCUT2D eigenvalue weighted by molar-refractivity contribution is 7.15. The van der Waals surface area contributed by atoms with Crippen LogP contribution in [0.2, 0.25) is 0 Å². The third-order valence-corrected chi connectivity index (χ3v) is 4.26.